The molecule has 0 bridgehead atoms. The van der Waals surface area contributed by atoms with Crippen molar-refractivity contribution in [1.29, 1.82) is 0 Å². The molecular weight excluding hydrogens is 353 g/mol. The van der Waals surface area contributed by atoms with Crippen molar-refractivity contribution in [3.63, 3.8) is 0 Å². The standard InChI is InChI=1S/C19H18B.C7H9BF/c1-4-10-16(11-5-1)19(17-12-6-2-7-13-17)20-18-14-8-3-9-15-18;1-8-6-2-4-7(9)5-3-6/h1-15,19H,20H2;2-5H,8H2,1H3/q2*-1. The van der Waals surface area contributed by atoms with Gasteiger partial charge in [0.15, 0.2) is 0 Å². The highest BCUT2D eigenvalue weighted by molar-refractivity contribution is 6.55. The summed E-state index contributed by atoms with van der Waals surface area (Å²) in [6.45, 7) is 2.17. The van der Waals surface area contributed by atoms with E-state index in [9.17, 15) is 4.39 Å². The first-order chi connectivity index (χ1) is 14.3. The molecule has 0 atom stereocenters. The summed E-state index contributed by atoms with van der Waals surface area (Å²) in [5.74, 6) is 0.401. The summed E-state index contributed by atoms with van der Waals surface area (Å²) in [5.41, 5.74) is 5.67. The highest BCUT2D eigenvalue weighted by Crippen LogP contribution is 2.23. The minimum atomic E-state index is -0.251. The maximum atomic E-state index is 12.2. The maximum Gasteiger partial charge on any atom is 0.122 e. The van der Waals surface area contributed by atoms with Crippen molar-refractivity contribution in [2.24, 2.45) is 0 Å². The average Bonchev–Trinajstić information content (AvgIpc) is 2.80. The Labute approximate surface area is 174 Å². The Morgan fingerprint density at radius 2 is 1.00 bits per heavy atom. The summed E-state index contributed by atoms with van der Waals surface area (Å²) in [5, 5.41) is 0. The van der Waals surface area contributed by atoms with Crippen molar-refractivity contribution < 1.29 is 4.39 Å². The van der Waals surface area contributed by atoms with Gasteiger partial charge in [-0.05, 0) is 19.4 Å². The Hall–Kier alpha value is -3.06. The summed E-state index contributed by atoms with van der Waals surface area (Å²) in [4.78, 5) is 0. The van der Waals surface area contributed by atoms with E-state index < -0.39 is 0 Å². The fraction of sp³-hybridized carbons (Fsp3) is 0.0769. The molecule has 4 aromatic rings. The van der Waals surface area contributed by atoms with Crippen LogP contribution in [-0.2, 0) is 0 Å². The van der Waals surface area contributed by atoms with Gasteiger partial charge in [0, 0.05) is 7.28 Å². The summed E-state index contributed by atoms with van der Waals surface area (Å²) in [6, 6.07) is 39.4. The number of hydrogen-bond acceptors (Lipinski definition) is 0. The zero-order valence-corrected chi connectivity index (χ0v) is 17.4. The molecule has 3 heteroatoms. The zero-order chi connectivity index (χ0) is 20.3. The first kappa shape index (κ1) is 20.7. The van der Waals surface area contributed by atoms with Crippen LogP contribution in [0.2, 0.25) is 6.82 Å². The van der Waals surface area contributed by atoms with Gasteiger partial charge >= 0.3 is 0 Å². The van der Waals surface area contributed by atoms with Crippen LogP contribution in [0, 0.1) is 5.82 Å². The van der Waals surface area contributed by atoms with Crippen molar-refractivity contribution in [2.75, 3.05) is 0 Å². The van der Waals surface area contributed by atoms with E-state index in [4.69, 9.17) is 0 Å². The van der Waals surface area contributed by atoms with Gasteiger partial charge in [0.2, 0.25) is 0 Å². The van der Waals surface area contributed by atoms with E-state index in [0.717, 1.165) is 0 Å². The second-order valence-corrected chi connectivity index (χ2v) is 7.78. The van der Waals surface area contributed by atoms with Crippen LogP contribution in [0.25, 0.3) is 0 Å². The van der Waals surface area contributed by atoms with Crippen LogP contribution in [0.4, 0.5) is 4.39 Å². The minimum Gasteiger partial charge on any atom is -0.217 e. The lowest BCUT2D eigenvalue weighted by Crippen LogP contribution is -2.22. The van der Waals surface area contributed by atoms with Gasteiger partial charge in [0.05, 0.1) is 0 Å². The molecule has 0 aliphatic heterocycles. The van der Waals surface area contributed by atoms with E-state index >= 15 is 0 Å². The molecule has 0 aliphatic carbocycles. The number of rotatable bonds is 5. The molecule has 0 spiro atoms. The first-order valence-electron chi connectivity index (χ1n) is 10.9. The summed E-state index contributed by atoms with van der Waals surface area (Å²) >= 11 is 0. The first-order valence-corrected chi connectivity index (χ1v) is 10.9. The van der Waals surface area contributed by atoms with Gasteiger partial charge < -0.3 is 0 Å². The second kappa shape index (κ2) is 11.1. The third kappa shape index (κ3) is 6.50. The van der Waals surface area contributed by atoms with E-state index in [0.29, 0.717) is 5.82 Å². The van der Waals surface area contributed by atoms with E-state index in [1.807, 2.05) is 12.1 Å². The van der Waals surface area contributed by atoms with Gasteiger partial charge in [0.1, 0.15) is 5.82 Å². The van der Waals surface area contributed by atoms with Crippen LogP contribution >= 0.6 is 0 Å². The smallest absolute Gasteiger partial charge is 0.122 e. The van der Waals surface area contributed by atoms with Crippen LogP contribution in [-0.4, -0.2) is 14.6 Å². The van der Waals surface area contributed by atoms with E-state index in [2.05, 4.69) is 97.8 Å². The molecular formula is C26H27B2F-2. The Morgan fingerprint density at radius 3 is 1.45 bits per heavy atom. The Morgan fingerprint density at radius 1 is 0.552 bits per heavy atom. The van der Waals surface area contributed by atoms with Crippen LogP contribution < -0.4 is 10.9 Å². The molecule has 4 aromatic carbocycles. The van der Waals surface area contributed by atoms with E-state index in [-0.39, 0.29) is 20.4 Å². The molecule has 0 N–H and O–H groups in total. The fourth-order valence-electron chi connectivity index (χ4n) is 3.94. The predicted molar refractivity (Wildman–Crippen MR) is 130 cm³/mol. The highest BCUT2D eigenvalue weighted by Gasteiger charge is 2.08. The average molecular weight is 380 g/mol. The predicted octanol–water partition coefficient (Wildman–Crippen LogP) is 3.94. The van der Waals surface area contributed by atoms with E-state index in [1.54, 1.807) is 0 Å². The molecule has 0 radical (unpaired) electrons. The van der Waals surface area contributed by atoms with Gasteiger partial charge in [-0.1, -0.05) is 114 Å². The molecule has 0 aromatic heterocycles. The van der Waals surface area contributed by atoms with Crippen molar-refractivity contribution in [3.8, 4) is 0 Å². The molecule has 0 amide bonds. The summed E-state index contributed by atoms with van der Waals surface area (Å²) < 4.78 is 12.2. The molecule has 0 unspecified atom stereocenters. The number of hydrogen-bond donors (Lipinski definition) is 0. The molecule has 0 nitrogen and oxygen atoms in total. The molecule has 0 aliphatic rings. The number of benzene rings is 4. The lowest BCUT2D eigenvalue weighted by atomic mass is 9.54. The topological polar surface area (TPSA) is 0 Å². The molecule has 0 fully saturated rings. The summed E-state index contributed by atoms with van der Waals surface area (Å²) in [7, 11) is -0.236. The summed E-state index contributed by atoms with van der Waals surface area (Å²) in [6.07, 6.45) is 0. The third-order valence-electron chi connectivity index (χ3n) is 5.75. The Balaban J connectivity index is 0.000000224. The highest BCUT2D eigenvalue weighted by atomic mass is 19.1. The second-order valence-electron chi connectivity index (χ2n) is 7.78. The fourth-order valence-corrected chi connectivity index (χ4v) is 3.94. The van der Waals surface area contributed by atoms with Crippen molar-refractivity contribution in [2.45, 2.75) is 12.6 Å². The SMILES string of the molecule is C[BH2-]c1ccc(F)cc1.[BH2-](c1ccccc1)C(c1ccccc1)c1ccccc1. The Bertz CT molecular complexity index is 916. The number of halogens is 1. The molecule has 0 saturated carbocycles. The molecule has 0 heterocycles. The van der Waals surface area contributed by atoms with Crippen LogP contribution in [0.3, 0.4) is 0 Å². The van der Waals surface area contributed by atoms with Crippen LogP contribution in [0.15, 0.2) is 115 Å². The largest absolute Gasteiger partial charge is 0.217 e. The quantitative estimate of drug-likeness (QED) is 0.461. The van der Waals surface area contributed by atoms with Crippen molar-refractivity contribution in [3.05, 3.63) is 132 Å². The van der Waals surface area contributed by atoms with Gasteiger partial charge in [-0.15, -0.1) is 5.82 Å². The lowest BCUT2D eigenvalue weighted by Gasteiger charge is -2.24. The van der Waals surface area contributed by atoms with Gasteiger partial charge in [0.25, 0.3) is 0 Å². The van der Waals surface area contributed by atoms with E-state index in [1.165, 1.54) is 34.2 Å². The van der Waals surface area contributed by atoms with Gasteiger partial charge in [-0.25, -0.2) is 15.3 Å². The zero-order valence-electron chi connectivity index (χ0n) is 17.4. The normalized spacial score (nSPS) is 10.3. The molecule has 0 saturated heterocycles. The van der Waals surface area contributed by atoms with Crippen molar-refractivity contribution >= 4 is 25.5 Å². The molecule has 146 valence electrons. The lowest BCUT2D eigenvalue weighted by molar-refractivity contribution is 0.628. The monoisotopic (exact) mass is 380 g/mol. The van der Waals surface area contributed by atoms with Gasteiger partial charge in [-0.3, -0.25) is 0 Å². The molecule has 4 rings (SSSR count). The molecule has 29 heavy (non-hydrogen) atoms. The van der Waals surface area contributed by atoms with Gasteiger partial charge in [-0.2, -0.15) is 6.82 Å². The Kier molecular flexibility index (Phi) is 7.89. The maximum absolute atomic E-state index is 12.2. The third-order valence-corrected chi connectivity index (χ3v) is 5.75. The van der Waals surface area contributed by atoms with Crippen molar-refractivity contribution in [1.82, 2.24) is 0 Å². The minimum absolute atomic E-state index is 0.0150. The van der Waals surface area contributed by atoms with Crippen LogP contribution in [0.1, 0.15) is 16.9 Å². The van der Waals surface area contributed by atoms with Crippen LogP contribution in [0.5, 0.6) is 0 Å².